The maximum absolute atomic E-state index is 5.13. The lowest BCUT2D eigenvalue weighted by Crippen LogP contribution is -1.89. The van der Waals surface area contributed by atoms with E-state index >= 15 is 0 Å². The highest BCUT2D eigenvalue weighted by atomic mass is 16.5. The molecule has 0 aromatic carbocycles. The summed E-state index contributed by atoms with van der Waals surface area (Å²) in [6.45, 7) is 2.20. The van der Waals surface area contributed by atoms with Crippen LogP contribution < -0.4 is 0 Å². The van der Waals surface area contributed by atoms with Crippen LogP contribution in [0.2, 0.25) is 0 Å². The van der Waals surface area contributed by atoms with Crippen LogP contribution in [0.1, 0.15) is 31.9 Å². The van der Waals surface area contributed by atoms with Gasteiger partial charge in [0.25, 0.3) is 0 Å². The van der Waals surface area contributed by atoms with E-state index in [4.69, 9.17) is 4.52 Å². The lowest BCUT2D eigenvalue weighted by atomic mass is 10.1. The van der Waals surface area contributed by atoms with Gasteiger partial charge in [0, 0.05) is 12.4 Å². The molecule has 0 radical (unpaired) electrons. The molecule has 0 aliphatic carbocycles. The van der Waals surface area contributed by atoms with Crippen molar-refractivity contribution in [2.24, 2.45) is 0 Å². The van der Waals surface area contributed by atoms with E-state index in [2.05, 4.69) is 17.1 Å². The van der Waals surface area contributed by atoms with Gasteiger partial charge in [-0.05, 0) is 25.0 Å². The Balaban J connectivity index is 1.91. The number of hydrogen-bond acceptors (Lipinski definition) is 3. The van der Waals surface area contributed by atoms with Crippen LogP contribution in [0.3, 0.4) is 0 Å². The molecule has 0 bridgehead atoms. The summed E-state index contributed by atoms with van der Waals surface area (Å²) >= 11 is 0. The molecule has 0 saturated heterocycles. The van der Waals surface area contributed by atoms with Gasteiger partial charge in [-0.2, -0.15) is 0 Å². The van der Waals surface area contributed by atoms with Crippen LogP contribution in [0.25, 0.3) is 16.9 Å². The molecule has 3 heterocycles. The van der Waals surface area contributed by atoms with E-state index in [0.717, 1.165) is 35.4 Å². The topological polar surface area (TPSA) is 43.3 Å². The first-order chi connectivity index (χ1) is 9.38. The van der Waals surface area contributed by atoms with Crippen molar-refractivity contribution in [1.82, 2.24) is 14.5 Å². The molecule has 0 N–H and O–H groups in total. The zero-order valence-electron chi connectivity index (χ0n) is 11.0. The summed E-state index contributed by atoms with van der Waals surface area (Å²) in [5, 5.41) is 4.11. The molecular weight excluding hydrogens is 238 g/mol. The van der Waals surface area contributed by atoms with Crippen molar-refractivity contribution in [1.29, 1.82) is 0 Å². The highest BCUT2D eigenvalue weighted by molar-refractivity contribution is 5.63. The normalized spacial score (nSPS) is 11.2. The molecule has 0 atom stereocenters. The molecule has 4 heteroatoms. The lowest BCUT2D eigenvalue weighted by Gasteiger charge is -1.97. The van der Waals surface area contributed by atoms with E-state index in [1.165, 1.54) is 12.8 Å². The van der Waals surface area contributed by atoms with Crippen LogP contribution in [-0.2, 0) is 6.42 Å². The van der Waals surface area contributed by atoms with E-state index in [1.807, 2.05) is 35.0 Å². The van der Waals surface area contributed by atoms with Crippen LogP contribution in [0, 0.1) is 0 Å². The predicted octanol–water partition coefficient (Wildman–Crippen LogP) is 3.72. The van der Waals surface area contributed by atoms with Crippen molar-refractivity contribution in [3.8, 4) is 11.3 Å². The predicted molar refractivity (Wildman–Crippen MR) is 73.9 cm³/mol. The molecule has 98 valence electrons. The number of aryl methyl sites for hydroxylation is 1. The third-order valence-electron chi connectivity index (χ3n) is 3.30. The fourth-order valence-electron chi connectivity index (χ4n) is 2.26. The molecule has 3 rings (SSSR count). The number of pyridine rings is 1. The number of fused-ring (bicyclic) bond motifs is 1. The number of unbranched alkanes of at least 4 members (excludes halogenated alkanes) is 2. The number of hydrogen-bond donors (Lipinski definition) is 0. The fraction of sp³-hybridized carbons (Fsp3) is 0.333. The number of nitrogens with zero attached hydrogens (tertiary/aromatic N) is 3. The number of rotatable bonds is 5. The van der Waals surface area contributed by atoms with Crippen molar-refractivity contribution in [2.75, 3.05) is 0 Å². The third-order valence-corrected chi connectivity index (χ3v) is 3.30. The average Bonchev–Trinajstić information content (AvgIpc) is 3.04. The highest BCUT2D eigenvalue weighted by Crippen LogP contribution is 2.24. The quantitative estimate of drug-likeness (QED) is 0.652. The van der Waals surface area contributed by atoms with Gasteiger partial charge in [0.05, 0.1) is 17.0 Å². The summed E-state index contributed by atoms with van der Waals surface area (Å²) in [4.78, 5) is 4.61. The summed E-state index contributed by atoms with van der Waals surface area (Å²) in [6, 6.07) is 5.98. The van der Waals surface area contributed by atoms with Gasteiger partial charge < -0.3 is 8.92 Å². The summed E-state index contributed by atoms with van der Waals surface area (Å²) in [7, 11) is 0. The lowest BCUT2D eigenvalue weighted by molar-refractivity contribution is 0.410. The minimum Gasteiger partial charge on any atom is -0.364 e. The molecule has 0 fully saturated rings. The second-order valence-electron chi connectivity index (χ2n) is 4.72. The first-order valence-electron chi connectivity index (χ1n) is 6.76. The van der Waals surface area contributed by atoms with Crippen LogP contribution >= 0.6 is 0 Å². The Labute approximate surface area is 112 Å². The van der Waals surface area contributed by atoms with Crippen molar-refractivity contribution in [2.45, 2.75) is 32.6 Å². The van der Waals surface area contributed by atoms with Gasteiger partial charge in [-0.1, -0.05) is 31.0 Å². The second-order valence-corrected chi connectivity index (χ2v) is 4.72. The molecule has 4 nitrogen and oxygen atoms in total. The Morgan fingerprint density at radius 3 is 3.05 bits per heavy atom. The first-order valence-corrected chi connectivity index (χ1v) is 6.76. The average molecular weight is 255 g/mol. The van der Waals surface area contributed by atoms with Crippen LogP contribution in [-0.4, -0.2) is 14.5 Å². The molecule has 0 spiro atoms. The molecule has 0 unspecified atom stereocenters. The smallest absolute Gasteiger partial charge is 0.137 e. The van der Waals surface area contributed by atoms with E-state index < -0.39 is 0 Å². The monoisotopic (exact) mass is 255 g/mol. The zero-order valence-corrected chi connectivity index (χ0v) is 11.0. The molecule has 0 saturated carbocycles. The Bertz CT molecular complexity index is 636. The van der Waals surface area contributed by atoms with E-state index in [0.29, 0.717) is 0 Å². The molecule has 3 aromatic heterocycles. The third kappa shape index (κ3) is 2.38. The van der Waals surface area contributed by atoms with Crippen LogP contribution in [0.5, 0.6) is 0 Å². The van der Waals surface area contributed by atoms with E-state index in [9.17, 15) is 0 Å². The van der Waals surface area contributed by atoms with Crippen molar-refractivity contribution < 1.29 is 4.52 Å². The summed E-state index contributed by atoms with van der Waals surface area (Å²) < 4.78 is 7.14. The molecule has 0 amide bonds. The van der Waals surface area contributed by atoms with Gasteiger partial charge in [-0.25, -0.2) is 4.98 Å². The summed E-state index contributed by atoms with van der Waals surface area (Å²) in [5.41, 5.74) is 3.90. The van der Waals surface area contributed by atoms with Gasteiger partial charge in [-0.15, -0.1) is 0 Å². The minimum absolute atomic E-state index is 0.930. The van der Waals surface area contributed by atoms with Crippen molar-refractivity contribution >= 4 is 5.65 Å². The SMILES string of the molecule is CCCCCc1nocc1-c1cn2ccccc2n1. The van der Waals surface area contributed by atoms with Gasteiger partial charge in [0.2, 0.25) is 0 Å². The molecule has 0 aliphatic rings. The van der Waals surface area contributed by atoms with Crippen molar-refractivity contribution in [3.05, 3.63) is 42.5 Å². The Kier molecular flexibility index (Phi) is 3.31. The van der Waals surface area contributed by atoms with Crippen LogP contribution in [0.4, 0.5) is 0 Å². The van der Waals surface area contributed by atoms with Gasteiger partial charge in [0.1, 0.15) is 11.9 Å². The maximum Gasteiger partial charge on any atom is 0.137 e. The largest absolute Gasteiger partial charge is 0.364 e. The summed E-state index contributed by atoms with van der Waals surface area (Å²) in [6.07, 6.45) is 10.2. The highest BCUT2D eigenvalue weighted by Gasteiger charge is 2.12. The molecular formula is C15H17N3O. The Morgan fingerprint density at radius 1 is 1.26 bits per heavy atom. The minimum atomic E-state index is 0.930. The van der Waals surface area contributed by atoms with Gasteiger partial charge >= 0.3 is 0 Å². The molecule has 0 aliphatic heterocycles. The second kappa shape index (κ2) is 5.26. The summed E-state index contributed by atoms with van der Waals surface area (Å²) in [5.74, 6) is 0. The number of imidazole rings is 1. The van der Waals surface area contributed by atoms with Crippen molar-refractivity contribution in [3.63, 3.8) is 0 Å². The van der Waals surface area contributed by atoms with E-state index in [1.54, 1.807) is 6.26 Å². The number of aromatic nitrogens is 3. The Morgan fingerprint density at radius 2 is 2.21 bits per heavy atom. The van der Waals surface area contributed by atoms with Crippen LogP contribution in [0.15, 0.2) is 41.4 Å². The zero-order chi connectivity index (χ0) is 13.1. The van der Waals surface area contributed by atoms with Gasteiger partial charge in [-0.3, -0.25) is 0 Å². The standard InChI is InChI=1S/C15H17N3O/c1-2-3-4-7-13-12(11-19-17-13)14-10-18-9-6-5-8-15(18)16-14/h5-6,8-11H,2-4,7H2,1H3. The van der Waals surface area contributed by atoms with E-state index in [-0.39, 0.29) is 0 Å². The molecule has 19 heavy (non-hydrogen) atoms. The first kappa shape index (κ1) is 12.0. The maximum atomic E-state index is 5.13. The van der Waals surface area contributed by atoms with Gasteiger partial charge in [0.15, 0.2) is 0 Å². The Hall–Kier alpha value is -2.10. The fourth-order valence-corrected chi connectivity index (χ4v) is 2.26. The molecule has 3 aromatic rings.